The Kier molecular flexibility index (Phi) is 4.04. The van der Waals surface area contributed by atoms with E-state index in [-0.39, 0.29) is 18.1 Å². The van der Waals surface area contributed by atoms with Crippen LogP contribution in [0.1, 0.15) is 5.56 Å². The Morgan fingerprint density at radius 1 is 1.09 bits per heavy atom. The lowest BCUT2D eigenvalue weighted by Crippen LogP contribution is -2.34. The fourth-order valence-corrected chi connectivity index (χ4v) is 3.02. The van der Waals surface area contributed by atoms with Crippen LogP contribution in [0.4, 0.5) is 0 Å². The van der Waals surface area contributed by atoms with Gasteiger partial charge in [-0.05, 0) is 31.2 Å². The summed E-state index contributed by atoms with van der Waals surface area (Å²) in [6.07, 6.45) is -0.463. The van der Waals surface area contributed by atoms with E-state index in [4.69, 9.17) is 13.7 Å². The van der Waals surface area contributed by atoms with E-state index in [1.165, 1.54) is 12.1 Å². The summed E-state index contributed by atoms with van der Waals surface area (Å²) >= 11 is 0. The van der Waals surface area contributed by atoms with E-state index in [1.54, 1.807) is 24.3 Å². The molecule has 0 amide bonds. The number of benzene rings is 2. The molecule has 22 heavy (non-hydrogen) atoms. The van der Waals surface area contributed by atoms with Crippen LogP contribution in [-0.2, 0) is 14.3 Å². The molecule has 2 aromatic rings. The smallest absolute Gasteiger partial charge is 0.297 e. The van der Waals surface area contributed by atoms with Crippen molar-refractivity contribution in [3.8, 4) is 11.5 Å². The second-order valence-corrected chi connectivity index (χ2v) is 6.66. The van der Waals surface area contributed by atoms with Gasteiger partial charge in [-0.25, -0.2) is 0 Å². The molecule has 1 heterocycles. The molecule has 1 aliphatic rings. The maximum atomic E-state index is 12.1. The summed E-state index contributed by atoms with van der Waals surface area (Å²) in [7, 11) is -3.79. The molecule has 0 aromatic heterocycles. The van der Waals surface area contributed by atoms with Crippen LogP contribution in [0.25, 0.3) is 0 Å². The lowest BCUT2D eigenvalue weighted by molar-refractivity contribution is 0.0555. The molecule has 3 rings (SSSR count). The quantitative estimate of drug-likeness (QED) is 0.810. The topological polar surface area (TPSA) is 61.8 Å². The fraction of sp³-hybridized carbons (Fsp3) is 0.250. The van der Waals surface area contributed by atoms with Crippen LogP contribution in [0.2, 0.25) is 0 Å². The lowest BCUT2D eigenvalue weighted by Gasteiger charge is -2.25. The minimum Gasteiger partial charge on any atom is -0.486 e. The molecular weight excluding hydrogens is 304 g/mol. The normalized spacial score (nSPS) is 17.2. The highest BCUT2D eigenvalue weighted by Crippen LogP contribution is 2.31. The number of hydrogen-bond acceptors (Lipinski definition) is 5. The summed E-state index contributed by atoms with van der Waals surface area (Å²) in [4.78, 5) is 0.134. The van der Waals surface area contributed by atoms with E-state index in [0.717, 1.165) is 5.56 Å². The number of hydrogen-bond donors (Lipinski definition) is 0. The Morgan fingerprint density at radius 2 is 1.77 bits per heavy atom. The first kappa shape index (κ1) is 14.9. The van der Waals surface area contributed by atoms with Gasteiger partial charge in [0.25, 0.3) is 10.1 Å². The summed E-state index contributed by atoms with van der Waals surface area (Å²) in [5.41, 5.74) is 0.986. The predicted octanol–water partition coefficient (Wildman–Crippen LogP) is 2.54. The molecule has 116 valence electrons. The van der Waals surface area contributed by atoms with Crippen LogP contribution in [0.3, 0.4) is 0 Å². The Balaban J connectivity index is 1.64. The highest BCUT2D eigenvalue weighted by atomic mass is 32.2. The molecule has 5 nitrogen and oxygen atoms in total. The summed E-state index contributed by atoms with van der Waals surface area (Å²) in [5.74, 6) is 1.25. The van der Waals surface area contributed by atoms with Gasteiger partial charge in [0.05, 0.1) is 4.90 Å². The molecule has 0 aliphatic carbocycles. The minimum atomic E-state index is -3.79. The maximum absolute atomic E-state index is 12.1. The van der Waals surface area contributed by atoms with Crippen LogP contribution >= 0.6 is 0 Å². The van der Waals surface area contributed by atoms with Crippen LogP contribution < -0.4 is 9.47 Å². The van der Waals surface area contributed by atoms with Crippen LogP contribution in [0, 0.1) is 6.92 Å². The third-order valence-corrected chi connectivity index (χ3v) is 4.58. The highest BCUT2D eigenvalue weighted by molar-refractivity contribution is 7.86. The number of para-hydroxylation sites is 2. The molecule has 0 saturated heterocycles. The van der Waals surface area contributed by atoms with E-state index >= 15 is 0 Å². The first-order valence-electron chi connectivity index (χ1n) is 6.89. The van der Waals surface area contributed by atoms with Gasteiger partial charge in [0.15, 0.2) is 17.6 Å². The van der Waals surface area contributed by atoms with Gasteiger partial charge in [-0.1, -0.05) is 29.8 Å². The molecule has 1 atom stereocenters. The van der Waals surface area contributed by atoms with Crippen molar-refractivity contribution in [1.29, 1.82) is 0 Å². The van der Waals surface area contributed by atoms with E-state index in [2.05, 4.69) is 0 Å². The molecule has 1 aliphatic heterocycles. The number of aryl methyl sites for hydroxylation is 1. The minimum absolute atomic E-state index is 0.0927. The van der Waals surface area contributed by atoms with E-state index in [9.17, 15) is 8.42 Å². The van der Waals surface area contributed by atoms with Gasteiger partial charge >= 0.3 is 0 Å². The zero-order valence-corrected chi connectivity index (χ0v) is 12.9. The summed E-state index contributed by atoms with van der Waals surface area (Å²) in [5, 5.41) is 0. The second kappa shape index (κ2) is 5.98. The van der Waals surface area contributed by atoms with Crippen molar-refractivity contribution >= 4 is 10.1 Å². The highest BCUT2D eigenvalue weighted by Gasteiger charge is 2.24. The largest absolute Gasteiger partial charge is 0.486 e. The van der Waals surface area contributed by atoms with Crippen molar-refractivity contribution in [3.05, 3.63) is 54.1 Å². The van der Waals surface area contributed by atoms with Gasteiger partial charge in [0.1, 0.15) is 13.2 Å². The molecule has 0 fully saturated rings. The van der Waals surface area contributed by atoms with Crippen LogP contribution in [0.15, 0.2) is 53.4 Å². The van der Waals surface area contributed by atoms with Crippen LogP contribution in [-0.4, -0.2) is 27.7 Å². The van der Waals surface area contributed by atoms with Gasteiger partial charge in [-0.2, -0.15) is 8.42 Å². The third kappa shape index (κ3) is 3.23. The summed E-state index contributed by atoms with van der Waals surface area (Å²) in [6.45, 7) is 2.05. The van der Waals surface area contributed by atoms with Crippen molar-refractivity contribution < 1.29 is 22.1 Å². The van der Waals surface area contributed by atoms with Crippen molar-refractivity contribution in [3.63, 3.8) is 0 Å². The summed E-state index contributed by atoms with van der Waals surface area (Å²) in [6, 6.07) is 13.8. The Morgan fingerprint density at radius 3 is 2.50 bits per heavy atom. The van der Waals surface area contributed by atoms with Crippen molar-refractivity contribution in [2.24, 2.45) is 0 Å². The van der Waals surface area contributed by atoms with Crippen molar-refractivity contribution in [2.75, 3.05) is 13.2 Å². The lowest BCUT2D eigenvalue weighted by atomic mass is 10.2. The van der Waals surface area contributed by atoms with Gasteiger partial charge < -0.3 is 9.47 Å². The van der Waals surface area contributed by atoms with Gasteiger partial charge in [-0.15, -0.1) is 0 Å². The van der Waals surface area contributed by atoms with E-state index in [0.29, 0.717) is 11.5 Å². The Labute approximate surface area is 129 Å². The van der Waals surface area contributed by atoms with Crippen molar-refractivity contribution in [1.82, 2.24) is 0 Å². The van der Waals surface area contributed by atoms with Crippen molar-refractivity contribution in [2.45, 2.75) is 17.9 Å². The number of rotatable bonds is 4. The maximum Gasteiger partial charge on any atom is 0.297 e. The van der Waals surface area contributed by atoms with E-state index < -0.39 is 16.2 Å². The number of fused-ring (bicyclic) bond motifs is 1. The first-order valence-corrected chi connectivity index (χ1v) is 8.30. The average molecular weight is 320 g/mol. The molecule has 6 heteroatoms. The fourth-order valence-electron chi connectivity index (χ4n) is 2.08. The molecule has 0 radical (unpaired) electrons. The summed E-state index contributed by atoms with van der Waals surface area (Å²) < 4.78 is 40.5. The predicted molar refractivity (Wildman–Crippen MR) is 80.7 cm³/mol. The van der Waals surface area contributed by atoms with Gasteiger partial charge in [-0.3, -0.25) is 4.18 Å². The SMILES string of the molecule is Cc1ccc(S(=O)(=O)OC[C@H]2COc3ccccc3O2)cc1. The number of ether oxygens (including phenoxy) is 2. The Bertz CT molecular complexity index is 752. The average Bonchev–Trinajstić information content (AvgIpc) is 2.53. The molecule has 0 unspecified atom stereocenters. The molecule has 0 bridgehead atoms. The van der Waals surface area contributed by atoms with Gasteiger partial charge in [0, 0.05) is 0 Å². The molecule has 2 aromatic carbocycles. The second-order valence-electron chi connectivity index (χ2n) is 5.05. The Hall–Kier alpha value is -2.05. The van der Waals surface area contributed by atoms with E-state index in [1.807, 2.05) is 19.1 Å². The zero-order valence-electron chi connectivity index (χ0n) is 12.1. The third-order valence-electron chi connectivity index (χ3n) is 3.29. The molecule has 0 N–H and O–H groups in total. The molecular formula is C16H16O5S. The zero-order chi connectivity index (χ0) is 15.6. The standard InChI is InChI=1S/C16H16O5S/c1-12-6-8-14(9-7-12)22(17,18)20-11-13-10-19-15-4-2-3-5-16(15)21-13/h2-9,13H,10-11H2,1H3/t13-/m1/s1. The monoisotopic (exact) mass is 320 g/mol. The van der Waals surface area contributed by atoms with Crippen LogP contribution in [0.5, 0.6) is 11.5 Å². The van der Waals surface area contributed by atoms with Gasteiger partial charge in [0.2, 0.25) is 0 Å². The first-order chi connectivity index (χ1) is 10.5. The molecule has 0 saturated carbocycles. The molecule has 0 spiro atoms.